The van der Waals surface area contributed by atoms with Crippen LogP contribution in [0.3, 0.4) is 0 Å². The third-order valence-electron chi connectivity index (χ3n) is 4.68. The number of methoxy groups -OCH3 is 1. The fourth-order valence-corrected chi connectivity index (χ4v) is 3.36. The highest BCUT2D eigenvalue weighted by Gasteiger charge is 2.35. The van der Waals surface area contributed by atoms with E-state index in [0.717, 1.165) is 24.5 Å². The smallest absolute Gasteiger partial charge is 0.254 e. The Bertz CT molecular complexity index is 603. The molecular weight excluding hydrogens is 324 g/mol. The molecule has 2 aliphatic heterocycles. The van der Waals surface area contributed by atoms with Crippen molar-refractivity contribution in [3.8, 4) is 5.75 Å². The third-order valence-corrected chi connectivity index (χ3v) is 4.68. The number of β-amino-alcohol motifs (C(OH)–C–C–N with tert-alkyl or cyclic N) is 1. The van der Waals surface area contributed by atoms with Crippen LogP contribution in [0, 0.1) is 0 Å². The molecule has 1 N–H and O–H groups in total. The van der Waals surface area contributed by atoms with Gasteiger partial charge in [0.1, 0.15) is 11.9 Å². The van der Waals surface area contributed by atoms with Gasteiger partial charge in [-0.3, -0.25) is 4.79 Å². The predicted molar refractivity (Wildman–Crippen MR) is 93.4 cm³/mol. The summed E-state index contributed by atoms with van der Waals surface area (Å²) in [7, 11) is 1.63. The topological polar surface area (TPSA) is 71.5 Å². The van der Waals surface area contributed by atoms with Gasteiger partial charge in [-0.15, -0.1) is 0 Å². The summed E-state index contributed by atoms with van der Waals surface area (Å²) in [5, 5.41) is 10.1. The molecule has 2 fully saturated rings. The van der Waals surface area contributed by atoms with Gasteiger partial charge < -0.3 is 29.1 Å². The fourth-order valence-electron chi connectivity index (χ4n) is 3.36. The first-order chi connectivity index (χ1) is 12.1. The summed E-state index contributed by atoms with van der Waals surface area (Å²) >= 11 is 0. The largest absolute Gasteiger partial charge is 0.495 e. The van der Waals surface area contributed by atoms with Crippen molar-refractivity contribution in [1.82, 2.24) is 4.90 Å². The number of benzene rings is 1. The molecule has 7 nitrogen and oxygen atoms in total. The zero-order chi connectivity index (χ0) is 17.8. The van der Waals surface area contributed by atoms with Crippen LogP contribution in [0.15, 0.2) is 18.2 Å². The molecule has 1 aromatic rings. The second-order valence-corrected chi connectivity index (χ2v) is 6.26. The molecule has 2 saturated heterocycles. The first kappa shape index (κ1) is 18.0. The van der Waals surface area contributed by atoms with Crippen LogP contribution in [-0.4, -0.2) is 81.2 Å². The van der Waals surface area contributed by atoms with E-state index in [-0.39, 0.29) is 12.0 Å². The summed E-state index contributed by atoms with van der Waals surface area (Å²) in [6.45, 7) is 5.97. The van der Waals surface area contributed by atoms with Crippen LogP contribution in [-0.2, 0) is 9.47 Å². The molecule has 25 heavy (non-hydrogen) atoms. The summed E-state index contributed by atoms with van der Waals surface area (Å²) in [5.41, 5.74) is 1.49. The highest BCUT2D eigenvalue weighted by atomic mass is 16.5. The molecule has 138 valence electrons. The lowest BCUT2D eigenvalue weighted by Gasteiger charge is -2.30. The molecule has 0 aliphatic carbocycles. The van der Waals surface area contributed by atoms with E-state index in [1.807, 2.05) is 19.1 Å². The van der Waals surface area contributed by atoms with Gasteiger partial charge in [-0.2, -0.15) is 0 Å². The van der Waals surface area contributed by atoms with Crippen molar-refractivity contribution < 1.29 is 24.1 Å². The quantitative estimate of drug-likeness (QED) is 0.845. The molecule has 2 heterocycles. The van der Waals surface area contributed by atoms with Gasteiger partial charge >= 0.3 is 0 Å². The van der Waals surface area contributed by atoms with Crippen LogP contribution in [0.5, 0.6) is 5.75 Å². The number of hydrogen-bond acceptors (Lipinski definition) is 6. The summed E-state index contributed by atoms with van der Waals surface area (Å²) in [6.07, 6.45) is -0.952. The van der Waals surface area contributed by atoms with E-state index in [4.69, 9.17) is 14.2 Å². The molecule has 0 aromatic heterocycles. The Balaban J connectivity index is 1.79. The van der Waals surface area contributed by atoms with Crippen molar-refractivity contribution in [3.05, 3.63) is 23.8 Å². The predicted octanol–water partition coefficient (Wildman–Crippen LogP) is 0.754. The minimum Gasteiger partial charge on any atom is -0.495 e. The number of rotatable bonds is 5. The molecule has 1 amide bonds. The standard InChI is InChI=1S/C18H26N2O5/c1-3-25-17-12-20(11-15(17)21)18(22)13-4-5-16(23-2)14(10-13)19-6-8-24-9-7-19/h4-5,10,15,17,21H,3,6-9,11-12H2,1-2H3/t15-,17-/m0/s1. The monoisotopic (exact) mass is 350 g/mol. The SMILES string of the molecule is CCO[C@H]1CN(C(=O)c2ccc(OC)c(N3CCOCC3)c2)C[C@@H]1O. The van der Waals surface area contributed by atoms with E-state index >= 15 is 0 Å². The number of anilines is 1. The number of morpholine rings is 1. The van der Waals surface area contributed by atoms with Crippen molar-refractivity contribution >= 4 is 11.6 Å². The molecule has 2 aliphatic rings. The first-order valence-corrected chi connectivity index (χ1v) is 8.73. The highest BCUT2D eigenvalue weighted by Crippen LogP contribution is 2.31. The number of carbonyl (C=O) groups is 1. The number of aliphatic hydroxyl groups is 1. The van der Waals surface area contributed by atoms with Gasteiger partial charge in [0.15, 0.2) is 0 Å². The molecule has 0 spiro atoms. The van der Waals surface area contributed by atoms with Gasteiger partial charge in [0.05, 0.1) is 32.1 Å². The van der Waals surface area contributed by atoms with E-state index in [1.54, 1.807) is 18.1 Å². The molecule has 0 saturated carbocycles. The molecule has 1 aromatic carbocycles. The average Bonchev–Trinajstić information content (AvgIpc) is 3.02. The van der Waals surface area contributed by atoms with Crippen LogP contribution in [0.1, 0.15) is 17.3 Å². The summed E-state index contributed by atoms with van der Waals surface area (Å²) in [5.74, 6) is 0.644. The zero-order valence-corrected chi connectivity index (χ0v) is 14.8. The Morgan fingerprint density at radius 1 is 1.32 bits per heavy atom. The molecule has 3 rings (SSSR count). The number of amides is 1. The van der Waals surface area contributed by atoms with Crippen molar-refractivity contribution in [1.29, 1.82) is 0 Å². The van der Waals surface area contributed by atoms with Gasteiger partial charge in [-0.1, -0.05) is 0 Å². The number of aliphatic hydroxyl groups excluding tert-OH is 1. The van der Waals surface area contributed by atoms with Crippen molar-refractivity contribution in [2.75, 3.05) is 58.0 Å². The Morgan fingerprint density at radius 3 is 2.76 bits per heavy atom. The molecule has 0 radical (unpaired) electrons. The number of carbonyl (C=O) groups excluding carboxylic acids is 1. The van der Waals surface area contributed by atoms with E-state index in [9.17, 15) is 9.90 Å². The van der Waals surface area contributed by atoms with Crippen LogP contribution in [0.2, 0.25) is 0 Å². The van der Waals surface area contributed by atoms with Gasteiger partial charge in [-0.25, -0.2) is 0 Å². The maximum atomic E-state index is 12.9. The summed E-state index contributed by atoms with van der Waals surface area (Å²) in [6, 6.07) is 5.46. The minimum absolute atomic E-state index is 0.0987. The maximum Gasteiger partial charge on any atom is 0.254 e. The maximum absolute atomic E-state index is 12.9. The lowest BCUT2D eigenvalue weighted by atomic mass is 10.1. The summed E-state index contributed by atoms with van der Waals surface area (Å²) < 4.78 is 16.4. The summed E-state index contributed by atoms with van der Waals surface area (Å²) in [4.78, 5) is 16.7. The van der Waals surface area contributed by atoms with Crippen molar-refractivity contribution in [3.63, 3.8) is 0 Å². The second kappa shape index (κ2) is 8.03. The second-order valence-electron chi connectivity index (χ2n) is 6.26. The molecule has 0 bridgehead atoms. The Morgan fingerprint density at radius 2 is 2.08 bits per heavy atom. The lowest BCUT2D eigenvalue weighted by molar-refractivity contribution is -0.00237. The van der Waals surface area contributed by atoms with Gasteiger partial charge in [-0.05, 0) is 25.1 Å². The van der Waals surface area contributed by atoms with Crippen LogP contribution < -0.4 is 9.64 Å². The van der Waals surface area contributed by atoms with Crippen LogP contribution in [0.25, 0.3) is 0 Å². The number of likely N-dealkylation sites (tertiary alicyclic amines) is 1. The molecule has 0 unspecified atom stereocenters. The molecule has 2 atom stereocenters. The third kappa shape index (κ3) is 3.89. The number of ether oxygens (including phenoxy) is 3. The zero-order valence-electron chi connectivity index (χ0n) is 14.8. The highest BCUT2D eigenvalue weighted by molar-refractivity contribution is 5.96. The van der Waals surface area contributed by atoms with E-state index in [2.05, 4.69) is 4.90 Å². The van der Waals surface area contributed by atoms with Gasteiger partial charge in [0.2, 0.25) is 0 Å². The first-order valence-electron chi connectivity index (χ1n) is 8.73. The average molecular weight is 350 g/mol. The van der Waals surface area contributed by atoms with Crippen molar-refractivity contribution in [2.24, 2.45) is 0 Å². The minimum atomic E-state index is -0.638. The van der Waals surface area contributed by atoms with Crippen molar-refractivity contribution in [2.45, 2.75) is 19.1 Å². The lowest BCUT2D eigenvalue weighted by Crippen LogP contribution is -2.36. The van der Waals surface area contributed by atoms with Gasteiger partial charge in [0, 0.05) is 38.3 Å². The molecule has 7 heteroatoms. The number of nitrogens with zero attached hydrogens (tertiary/aromatic N) is 2. The normalized spacial score (nSPS) is 23.8. The van der Waals surface area contributed by atoms with Gasteiger partial charge in [0.25, 0.3) is 5.91 Å². The van der Waals surface area contributed by atoms with E-state index in [0.29, 0.717) is 38.5 Å². The number of hydrogen-bond donors (Lipinski definition) is 1. The fraction of sp³-hybridized carbons (Fsp3) is 0.611. The Kier molecular flexibility index (Phi) is 5.78. The Hall–Kier alpha value is -1.83. The van der Waals surface area contributed by atoms with E-state index < -0.39 is 6.10 Å². The van der Waals surface area contributed by atoms with E-state index in [1.165, 1.54) is 0 Å². The van der Waals surface area contributed by atoms with Crippen LogP contribution in [0.4, 0.5) is 5.69 Å². The molecular formula is C18H26N2O5. The van der Waals surface area contributed by atoms with Crippen LogP contribution >= 0.6 is 0 Å². The Labute approximate surface area is 148 Å².